The predicted octanol–water partition coefficient (Wildman–Crippen LogP) is 5.09. The van der Waals surface area contributed by atoms with Gasteiger partial charge >= 0.3 is 0 Å². The second-order valence-corrected chi connectivity index (χ2v) is 10.6. The zero-order valence-electron chi connectivity index (χ0n) is 21.4. The van der Waals surface area contributed by atoms with Crippen molar-refractivity contribution in [3.05, 3.63) is 94.4 Å². The van der Waals surface area contributed by atoms with E-state index in [1.165, 1.54) is 22.3 Å². The molecule has 3 aromatic rings. The highest BCUT2D eigenvalue weighted by Crippen LogP contribution is 2.42. The normalized spacial score (nSPS) is 22.5. The molecule has 0 spiro atoms. The van der Waals surface area contributed by atoms with Crippen LogP contribution < -0.4 is 0 Å². The summed E-state index contributed by atoms with van der Waals surface area (Å²) < 4.78 is 5.92. The summed E-state index contributed by atoms with van der Waals surface area (Å²) in [4.78, 5) is 20.1. The van der Waals surface area contributed by atoms with Crippen LogP contribution in [-0.4, -0.2) is 60.4 Å². The number of furan rings is 1. The minimum atomic E-state index is 0.0220. The molecular formula is C30H37N3O2. The molecule has 2 aliphatic rings. The summed E-state index contributed by atoms with van der Waals surface area (Å²) >= 11 is 0. The van der Waals surface area contributed by atoms with E-state index in [0.29, 0.717) is 30.2 Å². The lowest BCUT2D eigenvalue weighted by Gasteiger charge is -2.39. The van der Waals surface area contributed by atoms with Gasteiger partial charge in [0.2, 0.25) is 0 Å². The number of hydrogen-bond donors (Lipinski definition) is 0. The van der Waals surface area contributed by atoms with E-state index in [4.69, 9.17) is 4.42 Å². The van der Waals surface area contributed by atoms with Crippen molar-refractivity contribution in [3.8, 4) is 0 Å². The lowest BCUT2D eigenvalue weighted by molar-refractivity contribution is 0.0551. The molecule has 3 heterocycles. The molecule has 1 aromatic heterocycles. The Labute approximate surface area is 209 Å². The van der Waals surface area contributed by atoms with Crippen molar-refractivity contribution >= 4 is 5.91 Å². The highest BCUT2D eigenvalue weighted by molar-refractivity contribution is 5.91. The molecule has 2 fully saturated rings. The van der Waals surface area contributed by atoms with Crippen LogP contribution >= 0.6 is 0 Å². The number of piperidine rings is 1. The van der Waals surface area contributed by atoms with Crippen LogP contribution in [0.2, 0.25) is 0 Å². The largest absolute Gasteiger partial charge is 0.455 e. The summed E-state index contributed by atoms with van der Waals surface area (Å²) in [7, 11) is 4.01. The number of likely N-dealkylation sites (tertiary alicyclic amines) is 2. The summed E-state index contributed by atoms with van der Waals surface area (Å²) in [6.45, 7) is 8.61. The second kappa shape index (κ2) is 10.00. The van der Waals surface area contributed by atoms with Gasteiger partial charge in [0.1, 0.15) is 5.76 Å². The van der Waals surface area contributed by atoms with Gasteiger partial charge in [-0.15, -0.1) is 0 Å². The van der Waals surface area contributed by atoms with Crippen LogP contribution in [0.15, 0.2) is 65.1 Å². The fourth-order valence-electron chi connectivity index (χ4n) is 5.92. The highest BCUT2D eigenvalue weighted by atomic mass is 16.4. The molecule has 2 aliphatic heterocycles. The number of nitrogens with zero attached hydrogens (tertiary/aromatic N) is 3. The predicted molar refractivity (Wildman–Crippen MR) is 139 cm³/mol. The van der Waals surface area contributed by atoms with Crippen molar-refractivity contribution in [2.24, 2.45) is 5.92 Å². The van der Waals surface area contributed by atoms with Gasteiger partial charge in [-0.25, -0.2) is 0 Å². The van der Waals surface area contributed by atoms with Crippen LogP contribution in [0, 0.1) is 19.8 Å². The number of rotatable bonds is 6. The smallest absolute Gasteiger partial charge is 0.289 e. The molecule has 0 aliphatic carbocycles. The minimum absolute atomic E-state index is 0.0220. The molecule has 2 aromatic carbocycles. The highest BCUT2D eigenvalue weighted by Gasteiger charge is 2.46. The van der Waals surface area contributed by atoms with Gasteiger partial charge in [-0.3, -0.25) is 9.69 Å². The number of hydrogen-bond acceptors (Lipinski definition) is 4. The molecule has 0 radical (unpaired) electrons. The van der Waals surface area contributed by atoms with E-state index in [0.717, 1.165) is 38.4 Å². The maximum atomic E-state index is 13.4. The molecule has 184 valence electrons. The quantitative estimate of drug-likeness (QED) is 0.502. The average molecular weight is 472 g/mol. The van der Waals surface area contributed by atoms with Gasteiger partial charge in [-0.05, 0) is 68.8 Å². The van der Waals surface area contributed by atoms with E-state index in [9.17, 15) is 4.79 Å². The number of fused-ring (bicyclic) bond motifs is 1. The van der Waals surface area contributed by atoms with E-state index in [-0.39, 0.29) is 5.91 Å². The van der Waals surface area contributed by atoms with E-state index in [1.54, 1.807) is 0 Å². The van der Waals surface area contributed by atoms with Gasteiger partial charge in [0, 0.05) is 44.1 Å². The molecule has 35 heavy (non-hydrogen) atoms. The second-order valence-electron chi connectivity index (χ2n) is 10.6. The molecule has 5 rings (SSSR count). The van der Waals surface area contributed by atoms with Gasteiger partial charge < -0.3 is 14.2 Å². The topological polar surface area (TPSA) is 39.9 Å². The molecule has 0 unspecified atom stereocenters. The fourth-order valence-corrected chi connectivity index (χ4v) is 5.92. The van der Waals surface area contributed by atoms with Crippen LogP contribution in [-0.2, 0) is 13.1 Å². The Morgan fingerprint density at radius 2 is 1.80 bits per heavy atom. The molecule has 1 amide bonds. The lowest BCUT2D eigenvalue weighted by Crippen LogP contribution is -2.48. The first kappa shape index (κ1) is 23.8. The van der Waals surface area contributed by atoms with Crippen LogP contribution in [0.1, 0.15) is 50.9 Å². The number of carbonyl (C=O) groups excluding carboxylic acids is 1. The molecule has 0 N–H and O–H groups in total. The Hall–Kier alpha value is -2.89. The van der Waals surface area contributed by atoms with Gasteiger partial charge in [0.15, 0.2) is 5.76 Å². The fraction of sp³-hybridized carbons (Fsp3) is 0.433. The zero-order chi connectivity index (χ0) is 24.5. The van der Waals surface area contributed by atoms with Crippen molar-refractivity contribution in [1.82, 2.24) is 14.7 Å². The average Bonchev–Trinajstić information content (AvgIpc) is 3.45. The maximum absolute atomic E-state index is 13.4. The summed E-state index contributed by atoms with van der Waals surface area (Å²) in [6, 6.07) is 21.9. The summed E-state index contributed by atoms with van der Waals surface area (Å²) in [5.74, 6) is 2.14. The third-order valence-corrected chi connectivity index (χ3v) is 7.86. The van der Waals surface area contributed by atoms with E-state index < -0.39 is 0 Å². The summed E-state index contributed by atoms with van der Waals surface area (Å²) in [5, 5.41) is 0. The van der Waals surface area contributed by atoms with Gasteiger partial charge in [0.05, 0.1) is 6.54 Å². The molecule has 5 nitrogen and oxygen atoms in total. The van der Waals surface area contributed by atoms with Crippen molar-refractivity contribution in [2.75, 3.05) is 33.7 Å². The Morgan fingerprint density at radius 1 is 1.00 bits per heavy atom. The van der Waals surface area contributed by atoms with Gasteiger partial charge in [-0.1, -0.05) is 48.5 Å². The van der Waals surface area contributed by atoms with Crippen molar-refractivity contribution in [1.29, 1.82) is 0 Å². The van der Waals surface area contributed by atoms with Crippen molar-refractivity contribution in [3.63, 3.8) is 0 Å². The minimum Gasteiger partial charge on any atom is -0.455 e. The van der Waals surface area contributed by atoms with E-state index in [1.807, 2.05) is 36.0 Å². The molecular weight excluding hydrogens is 434 g/mol. The first-order valence-electron chi connectivity index (χ1n) is 12.8. The standard InChI is InChI=1S/C30H37N3O2/c1-21-10-11-24(16-22(21)2)26-19-33(17-23-8-6-5-7-9-23)28-14-15-32(20-27(26)28)30(34)29-13-12-25(35-29)18-31(3)4/h5-13,16,26-28H,14-15,17-20H2,1-4H3/t26-,27-,28-/m1/s1. The number of benzene rings is 2. The van der Waals surface area contributed by atoms with Crippen molar-refractivity contribution < 1.29 is 9.21 Å². The SMILES string of the molecule is Cc1ccc([C@H]2CN(Cc3ccccc3)[C@@H]3CCN(C(=O)c4ccc(CN(C)C)o4)C[C@H]23)cc1C. The van der Waals surface area contributed by atoms with E-state index >= 15 is 0 Å². The summed E-state index contributed by atoms with van der Waals surface area (Å²) in [5.41, 5.74) is 5.43. The molecule has 2 saturated heterocycles. The number of aryl methyl sites for hydroxylation is 2. The Kier molecular flexibility index (Phi) is 6.81. The van der Waals surface area contributed by atoms with Crippen LogP contribution in [0.4, 0.5) is 0 Å². The van der Waals surface area contributed by atoms with Gasteiger partial charge in [-0.2, -0.15) is 0 Å². The Balaban J connectivity index is 1.38. The zero-order valence-corrected chi connectivity index (χ0v) is 21.4. The maximum Gasteiger partial charge on any atom is 0.289 e. The lowest BCUT2D eigenvalue weighted by atomic mass is 9.81. The van der Waals surface area contributed by atoms with Crippen LogP contribution in [0.25, 0.3) is 0 Å². The summed E-state index contributed by atoms with van der Waals surface area (Å²) in [6.07, 6.45) is 0.996. The van der Waals surface area contributed by atoms with Crippen LogP contribution in [0.3, 0.4) is 0 Å². The van der Waals surface area contributed by atoms with E-state index in [2.05, 4.69) is 67.3 Å². The monoisotopic (exact) mass is 471 g/mol. The first-order valence-corrected chi connectivity index (χ1v) is 12.8. The molecule has 5 heteroatoms. The van der Waals surface area contributed by atoms with Crippen LogP contribution in [0.5, 0.6) is 0 Å². The van der Waals surface area contributed by atoms with Gasteiger partial charge in [0.25, 0.3) is 5.91 Å². The molecule has 0 bridgehead atoms. The Bertz CT molecular complexity index is 1170. The number of carbonyl (C=O) groups is 1. The molecule has 0 saturated carbocycles. The first-order chi connectivity index (χ1) is 16.9. The third kappa shape index (κ3) is 5.07. The Morgan fingerprint density at radius 3 is 2.54 bits per heavy atom. The number of amides is 1. The molecule has 3 atom stereocenters. The van der Waals surface area contributed by atoms with Crippen molar-refractivity contribution in [2.45, 2.75) is 45.3 Å². The third-order valence-electron chi connectivity index (χ3n) is 7.86.